The van der Waals surface area contributed by atoms with Gasteiger partial charge in [0.05, 0.1) is 12.8 Å². The Labute approximate surface area is 96.3 Å². The maximum absolute atomic E-state index is 13.3. The van der Waals surface area contributed by atoms with Crippen molar-refractivity contribution in [2.45, 2.75) is 6.61 Å². The zero-order chi connectivity index (χ0) is 13.4. The third-order valence-electron chi connectivity index (χ3n) is 2.12. The molecule has 0 radical (unpaired) electrons. The standard InChI is InChI=1S/C9H4F5N3O/c10-4-5(11)7(13)9(8(14)6(4)12)17-1-3(2-18)15-16-17/h1,18H,2H2. The Bertz CT molecular complexity index is 583. The monoisotopic (exact) mass is 265 g/mol. The van der Waals surface area contributed by atoms with E-state index in [-0.39, 0.29) is 5.69 Å². The van der Waals surface area contributed by atoms with Gasteiger partial charge in [-0.25, -0.2) is 26.6 Å². The number of nitrogens with zero attached hydrogens (tertiary/aromatic N) is 3. The van der Waals surface area contributed by atoms with Crippen molar-refractivity contribution in [3.8, 4) is 5.69 Å². The van der Waals surface area contributed by atoms with Gasteiger partial charge >= 0.3 is 0 Å². The van der Waals surface area contributed by atoms with Gasteiger partial charge in [0, 0.05) is 0 Å². The van der Waals surface area contributed by atoms with Crippen molar-refractivity contribution in [1.29, 1.82) is 0 Å². The molecule has 9 heteroatoms. The van der Waals surface area contributed by atoms with E-state index in [9.17, 15) is 22.0 Å². The fourth-order valence-electron chi connectivity index (χ4n) is 1.27. The molecule has 0 saturated carbocycles. The predicted octanol–water partition coefficient (Wildman–Crippen LogP) is 1.46. The molecule has 1 heterocycles. The number of rotatable bonds is 2. The van der Waals surface area contributed by atoms with E-state index in [1.165, 1.54) is 0 Å². The van der Waals surface area contributed by atoms with E-state index in [0.717, 1.165) is 6.20 Å². The lowest BCUT2D eigenvalue weighted by atomic mass is 10.2. The lowest BCUT2D eigenvalue weighted by Crippen LogP contribution is -2.10. The smallest absolute Gasteiger partial charge is 0.200 e. The molecule has 1 aromatic heterocycles. The van der Waals surface area contributed by atoms with Crippen molar-refractivity contribution in [1.82, 2.24) is 15.0 Å². The van der Waals surface area contributed by atoms with E-state index in [1.807, 2.05) is 0 Å². The molecule has 0 fully saturated rings. The van der Waals surface area contributed by atoms with Crippen LogP contribution in [0.25, 0.3) is 5.69 Å². The van der Waals surface area contributed by atoms with Crippen LogP contribution in [0, 0.1) is 29.1 Å². The molecular weight excluding hydrogens is 261 g/mol. The summed E-state index contributed by atoms with van der Waals surface area (Å²) in [6, 6.07) is 0. The molecule has 0 unspecified atom stereocenters. The maximum atomic E-state index is 13.3. The number of hydrogen-bond donors (Lipinski definition) is 1. The van der Waals surface area contributed by atoms with Crippen LogP contribution in [-0.2, 0) is 6.61 Å². The van der Waals surface area contributed by atoms with Gasteiger partial charge in [0.2, 0.25) is 5.82 Å². The quantitative estimate of drug-likeness (QED) is 0.508. The number of aliphatic hydroxyl groups excluding tert-OH is 1. The molecule has 0 aliphatic carbocycles. The number of benzene rings is 1. The fraction of sp³-hybridized carbons (Fsp3) is 0.111. The van der Waals surface area contributed by atoms with Crippen molar-refractivity contribution in [3.63, 3.8) is 0 Å². The summed E-state index contributed by atoms with van der Waals surface area (Å²) < 4.78 is 65.6. The van der Waals surface area contributed by atoms with Gasteiger partial charge in [0.15, 0.2) is 23.3 Å². The average Bonchev–Trinajstić information content (AvgIpc) is 2.83. The van der Waals surface area contributed by atoms with Gasteiger partial charge in [-0.1, -0.05) is 5.21 Å². The molecule has 96 valence electrons. The lowest BCUT2D eigenvalue weighted by Gasteiger charge is -2.06. The van der Waals surface area contributed by atoms with Crippen molar-refractivity contribution in [3.05, 3.63) is 41.0 Å². The van der Waals surface area contributed by atoms with Crippen LogP contribution in [0.3, 0.4) is 0 Å². The first-order chi connectivity index (χ1) is 8.47. The lowest BCUT2D eigenvalue weighted by molar-refractivity contribution is 0.276. The van der Waals surface area contributed by atoms with E-state index < -0.39 is 41.4 Å². The number of hydrogen-bond acceptors (Lipinski definition) is 3. The van der Waals surface area contributed by atoms with Gasteiger partial charge in [-0.15, -0.1) is 5.10 Å². The first kappa shape index (κ1) is 12.4. The van der Waals surface area contributed by atoms with E-state index in [1.54, 1.807) is 0 Å². The van der Waals surface area contributed by atoms with Crippen LogP contribution in [-0.4, -0.2) is 20.1 Å². The number of aromatic nitrogens is 3. The van der Waals surface area contributed by atoms with Gasteiger partial charge in [-0.3, -0.25) is 0 Å². The zero-order valence-electron chi connectivity index (χ0n) is 8.46. The van der Waals surface area contributed by atoms with Gasteiger partial charge in [0.1, 0.15) is 11.4 Å². The highest BCUT2D eigenvalue weighted by Gasteiger charge is 2.27. The molecule has 4 nitrogen and oxygen atoms in total. The summed E-state index contributed by atoms with van der Waals surface area (Å²) in [5.41, 5.74) is -1.34. The Balaban J connectivity index is 2.71. The molecule has 2 aromatic rings. The van der Waals surface area contributed by atoms with Crippen LogP contribution in [0.4, 0.5) is 22.0 Å². The summed E-state index contributed by atoms with van der Waals surface area (Å²) in [7, 11) is 0. The summed E-state index contributed by atoms with van der Waals surface area (Å²) in [5.74, 6) is -10.5. The Morgan fingerprint density at radius 3 is 1.89 bits per heavy atom. The summed E-state index contributed by atoms with van der Waals surface area (Å²) in [6.45, 7) is -0.588. The van der Waals surface area contributed by atoms with Crippen LogP contribution in [0.1, 0.15) is 5.69 Å². The van der Waals surface area contributed by atoms with Crippen molar-refractivity contribution < 1.29 is 27.1 Å². The minimum Gasteiger partial charge on any atom is -0.390 e. The third-order valence-corrected chi connectivity index (χ3v) is 2.12. The topological polar surface area (TPSA) is 50.9 Å². The van der Waals surface area contributed by atoms with Crippen LogP contribution in [0.15, 0.2) is 6.20 Å². The van der Waals surface area contributed by atoms with Crippen LogP contribution in [0.2, 0.25) is 0 Å². The highest BCUT2D eigenvalue weighted by molar-refractivity contribution is 5.36. The molecule has 2 rings (SSSR count). The van der Waals surface area contributed by atoms with Crippen molar-refractivity contribution in [2.24, 2.45) is 0 Å². The average molecular weight is 265 g/mol. The highest BCUT2D eigenvalue weighted by Crippen LogP contribution is 2.25. The molecule has 0 atom stereocenters. The van der Waals surface area contributed by atoms with Gasteiger partial charge in [-0.05, 0) is 0 Å². The van der Waals surface area contributed by atoms with E-state index in [0.29, 0.717) is 4.68 Å². The number of aliphatic hydroxyl groups is 1. The van der Waals surface area contributed by atoms with Crippen LogP contribution >= 0.6 is 0 Å². The zero-order valence-corrected chi connectivity index (χ0v) is 8.46. The molecule has 18 heavy (non-hydrogen) atoms. The minimum absolute atomic E-state index is 0.0843. The molecular formula is C9H4F5N3O. The summed E-state index contributed by atoms with van der Waals surface area (Å²) in [5, 5.41) is 15.1. The van der Waals surface area contributed by atoms with Gasteiger partial charge < -0.3 is 5.11 Å². The van der Waals surface area contributed by atoms with Crippen molar-refractivity contribution >= 4 is 0 Å². The molecule has 1 aromatic carbocycles. The predicted molar refractivity (Wildman–Crippen MR) is 47.1 cm³/mol. The van der Waals surface area contributed by atoms with Crippen LogP contribution in [0.5, 0.6) is 0 Å². The molecule has 0 spiro atoms. The van der Waals surface area contributed by atoms with E-state index in [4.69, 9.17) is 5.11 Å². The molecule has 0 amide bonds. The van der Waals surface area contributed by atoms with Gasteiger partial charge in [-0.2, -0.15) is 0 Å². The molecule has 1 N–H and O–H groups in total. The first-order valence-corrected chi connectivity index (χ1v) is 4.51. The van der Waals surface area contributed by atoms with Gasteiger partial charge in [0.25, 0.3) is 0 Å². The van der Waals surface area contributed by atoms with E-state index >= 15 is 0 Å². The molecule has 0 saturated heterocycles. The first-order valence-electron chi connectivity index (χ1n) is 4.51. The Morgan fingerprint density at radius 2 is 1.44 bits per heavy atom. The Kier molecular flexibility index (Phi) is 2.99. The second-order valence-electron chi connectivity index (χ2n) is 3.23. The SMILES string of the molecule is OCc1cn(-c2c(F)c(F)c(F)c(F)c2F)nn1. The molecule has 0 bridgehead atoms. The molecule has 0 aliphatic rings. The minimum atomic E-state index is -2.25. The number of halogens is 5. The second kappa shape index (κ2) is 4.33. The molecule has 0 aliphatic heterocycles. The summed E-state index contributed by atoms with van der Waals surface area (Å²) >= 11 is 0. The largest absolute Gasteiger partial charge is 0.390 e. The third kappa shape index (κ3) is 1.72. The summed E-state index contributed by atoms with van der Waals surface area (Å²) in [4.78, 5) is 0. The van der Waals surface area contributed by atoms with E-state index in [2.05, 4.69) is 10.3 Å². The second-order valence-corrected chi connectivity index (χ2v) is 3.23. The van der Waals surface area contributed by atoms with Crippen LogP contribution < -0.4 is 0 Å². The summed E-state index contributed by atoms with van der Waals surface area (Å²) in [6.07, 6.45) is 0.846. The highest BCUT2D eigenvalue weighted by atomic mass is 19.2. The Hall–Kier alpha value is -2.03. The Morgan fingerprint density at radius 1 is 0.944 bits per heavy atom. The normalized spacial score (nSPS) is 11.0. The maximum Gasteiger partial charge on any atom is 0.200 e. The fourth-order valence-corrected chi connectivity index (χ4v) is 1.27. The van der Waals surface area contributed by atoms with Crippen molar-refractivity contribution in [2.75, 3.05) is 0 Å².